The van der Waals surface area contributed by atoms with Gasteiger partial charge in [0.2, 0.25) is 5.91 Å². The number of rotatable bonds is 12. The lowest BCUT2D eigenvalue weighted by Crippen LogP contribution is -2.74. The Kier molecular flexibility index (Phi) is 6.07. The van der Waals surface area contributed by atoms with E-state index >= 15 is 0 Å². The van der Waals surface area contributed by atoms with Crippen LogP contribution < -0.4 is 26.3 Å². The van der Waals surface area contributed by atoms with E-state index in [1.165, 1.54) is 23.3 Å². The number of unbranched alkanes of at least 4 members (excludes halogenated alkanes) is 1. The maximum Gasteiger partial charge on any atom is 0.415 e. The van der Waals surface area contributed by atoms with Crippen LogP contribution in [0.2, 0.25) is 0 Å². The number of carbonyl (C=O) groups excluding carboxylic acids is 3. The molecule has 6 aliphatic carbocycles. The number of nitrogens with one attached hydrogen (secondary N) is 1. The highest BCUT2D eigenvalue weighted by Gasteiger charge is 3.06. The number of nitrogens with two attached hydrogens (primary N) is 2. The van der Waals surface area contributed by atoms with Crippen LogP contribution in [0.25, 0.3) is 0 Å². The molecule has 5 saturated carbocycles. The zero-order valence-corrected chi connectivity index (χ0v) is 26.8. The number of ether oxygens (including phenoxy) is 2. The van der Waals surface area contributed by atoms with Gasteiger partial charge in [-0.05, 0) is 56.7 Å². The summed E-state index contributed by atoms with van der Waals surface area (Å²) in [6, 6.07) is 3.28. The molecule has 1 aromatic carbocycles. The average molecular weight is 623 g/mol. The highest BCUT2D eigenvalue weighted by Crippen LogP contribution is 2.98. The fourth-order valence-corrected chi connectivity index (χ4v) is 11.5. The van der Waals surface area contributed by atoms with E-state index in [4.69, 9.17) is 20.9 Å². The Morgan fingerprint density at radius 2 is 2.00 bits per heavy atom. The second kappa shape index (κ2) is 9.20. The summed E-state index contributed by atoms with van der Waals surface area (Å²) in [6.45, 7) is 2.18. The van der Waals surface area contributed by atoms with Gasteiger partial charge in [-0.15, -0.1) is 0 Å². The number of hydrogen-bond acceptors (Lipinski definition) is 8. The maximum absolute atomic E-state index is 13.5. The topological polar surface area (TPSA) is 157 Å². The first-order chi connectivity index (χ1) is 21.3. The van der Waals surface area contributed by atoms with E-state index < -0.39 is 29.3 Å². The van der Waals surface area contributed by atoms with Gasteiger partial charge in [-0.2, -0.15) is 0 Å². The molecule has 1 aromatic rings. The molecule has 7 aliphatic rings. The number of ketones is 1. The molecule has 244 valence electrons. The van der Waals surface area contributed by atoms with Crippen LogP contribution >= 0.6 is 0 Å². The number of Topliss-reactive ketones (excluding diaryl/α,β-unsaturated/α-hetero) is 1. The van der Waals surface area contributed by atoms with Crippen molar-refractivity contribution in [3.63, 3.8) is 0 Å². The van der Waals surface area contributed by atoms with Crippen molar-refractivity contribution in [2.24, 2.45) is 22.8 Å². The fourth-order valence-electron chi connectivity index (χ4n) is 11.5. The van der Waals surface area contributed by atoms with Crippen molar-refractivity contribution < 1.29 is 33.4 Å². The zero-order valence-electron chi connectivity index (χ0n) is 26.8. The van der Waals surface area contributed by atoms with Crippen LogP contribution in [0.5, 0.6) is 11.5 Å². The standard InChI is InChI=1S/C34H47N5O6/c1-38(15-14-37-28(41)22(36)6-4-5-13-35)29(42)44-24-10-9-21-25-26(24)45-27-23(40)11-12-34(43)32(25,27)18-30(21)17-31(19-33(30,31)34)39(2,3)16-20-7-8-20/h9-10,20,22,27,43H,4-8,11-19,35-36H2,1-3H3/p+1/t22?,27-,30?,31+,32-,33?,34-/m0/s1. The third kappa shape index (κ3) is 3.33. The zero-order chi connectivity index (χ0) is 31.8. The molecule has 1 heterocycles. The van der Waals surface area contributed by atoms with Crippen LogP contribution in [-0.2, 0) is 20.4 Å². The van der Waals surface area contributed by atoms with E-state index in [-0.39, 0.29) is 46.9 Å². The van der Waals surface area contributed by atoms with Crippen molar-refractivity contribution in [2.45, 2.75) is 98.3 Å². The van der Waals surface area contributed by atoms with Gasteiger partial charge in [0.1, 0.15) is 5.54 Å². The number of quaternary nitrogens is 1. The summed E-state index contributed by atoms with van der Waals surface area (Å²) in [4.78, 5) is 40.5. The minimum Gasteiger partial charge on any atom is -0.477 e. The normalized spacial score (nSPS) is 38.0. The van der Waals surface area contributed by atoms with Crippen LogP contribution in [0.15, 0.2) is 12.1 Å². The predicted molar refractivity (Wildman–Crippen MR) is 165 cm³/mol. The Labute approximate surface area is 264 Å². The largest absolute Gasteiger partial charge is 0.477 e. The molecule has 1 aliphatic heterocycles. The number of nitrogens with zero attached hydrogens (tertiary/aromatic N) is 2. The van der Waals surface area contributed by atoms with Gasteiger partial charge in [0.15, 0.2) is 23.4 Å². The van der Waals surface area contributed by atoms with Crippen LogP contribution in [0, 0.1) is 11.3 Å². The Morgan fingerprint density at radius 1 is 1.22 bits per heavy atom. The van der Waals surface area contributed by atoms with Gasteiger partial charge in [0.25, 0.3) is 0 Å². The van der Waals surface area contributed by atoms with E-state index in [1.807, 2.05) is 6.07 Å². The molecule has 7 atom stereocenters. The third-order valence-corrected chi connectivity index (χ3v) is 13.6. The molecule has 8 rings (SSSR count). The summed E-state index contributed by atoms with van der Waals surface area (Å²) in [7, 11) is 6.33. The number of likely N-dealkylation sites (N-methyl/N-ethyl adjacent to an activating group) is 1. The predicted octanol–water partition coefficient (Wildman–Crippen LogP) is 1.46. The summed E-state index contributed by atoms with van der Waals surface area (Å²) in [6.07, 6.45) is 6.92. The van der Waals surface area contributed by atoms with Gasteiger partial charge in [-0.3, -0.25) is 9.59 Å². The average Bonchev–Trinajstić information content (AvgIpc) is 3.81. The minimum atomic E-state index is -1.03. The van der Waals surface area contributed by atoms with Crippen LogP contribution in [0.4, 0.5) is 4.79 Å². The lowest BCUT2D eigenvalue weighted by Gasteiger charge is -2.62. The van der Waals surface area contributed by atoms with E-state index in [0.717, 1.165) is 54.6 Å². The molecule has 2 amide bonds. The smallest absolute Gasteiger partial charge is 0.415 e. The molecule has 45 heavy (non-hydrogen) atoms. The lowest BCUT2D eigenvalue weighted by atomic mass is 9.46. The molecular weight excluding hydrogens is 574 g/mol. The highest BCUT2D eigenvalue weighted by molar-refractivity contribution is 5.93. The molecule has 2 bridgehead atoms. The van der Waals surface area contributed by atoms with Crippen molar-refractivity contribution in [1.82, 2.24) is 10.2 Å². The van der Waals surface area contributed by atoms with Crippen LogP contribution in [0.3, 0.4) is 0 Å². The molecule has 0 radical (unpaired) electrons. The number of aliphatic hydroxyl groups is 1. The second-order valence-corrected chi connectivity index (χ2v) is 15.9. The van der Waals surface area contributed by atoms with Crippen LogP contribution in [0.1, 0.15) is 75.3 Å². The van der Waals surface area contributed by atoms with Gasteiger partial charge < -0.3 is 40.7 Å². The van der Waals surface area contributed by atoms with Crippen molar-refractivity contribution in [3.8, 4) is 11.5 Å². The van der Waals surface area contributed by atoms with E-state index in [1.54, 1.807) is 7.05 Å². The first-order valence-corrected chi connectivity index (χ1v) is 16.9. The summed E-state index contributed by atoms with van der Waals surface area (Å²) in [5.74, 6) is 1.27. The van der Waals surface area contributed by atoms with E-state index in [2.05, 4.69) is 25.5 Å². The minimum absolute atomic E-state index is 0.0247. The Morgan fingerprint density at radius 3 is 2.73 bits per heavy atom. The molecule has 5 fully saturated rings. The third-order valence-electron chi connectivity index (χ3n) is 13.6. The molecular formula is C34H48N5O6+. The molecule has 3 spiro atoms. The quantitative estimate of drug-likeness (QED) is 0.202. The van der Waals surface area contributed by atoms with Crippen molar-refractivity contribution >= 4 is 17.8 Å². The van der Waals surface area contributed by atoms with Gasteiger partial charge in [-0.1, -0.05) is 12.5 Å². The molecule has 0 aromatic heterocycles. The van der Waals surface area contributed by atoms with Gasteiger partial charge in [0, 0.05) is 56.3 Å². The van der Waals surface area contributed by atoms with E-state index in [9.17, 15) is 19.5 Å². The summed E-state index contributed by atoms with van der Waals surface area (Å²) >= 11 is 0. The number of benzene rings is 1. The molecule has 3 unspecified atom stereocenters. The fraction of sp³-hybridized carbons (Fsp3) is 0.735. The summed E-state index contributed by atoms with van der Waals surface area (Å²) in [5.41, 5.74) is 11.3. The molecule has 6 N–H and O–H groups in total. The molecule has 11 heteroatoms. The Bertz CT molecular complexity index is 1510. The summed E-state index contributed by atoms with van der Waals surface area (Å²) < 4.78 is 13.3. The van der Waals surface area contributed by atoms with Crippen molar-refractivity contribution in [3.05, 3.63) is 23.3 Å². The molecule has 11 nitrogen and oxygen atoms in total. The number of carbonyl (C=O) groups is 3. The van der Waals surface area contributed by atoms with E-state index in [0.29, 0.717) is 31.6 Å². The number of amides is 2. The first kappa shape index (κ1) is 29.7. The van der Waals surface area contributed by atoms with Crippen LogP contribution in [-0.4, -0.2) is 103 Å². The second-order valence-electron chi connectivity index (χ2n) is 15.9. The Balaban J connectivity index is 1.03. The highest BCUT2D eigenvalue weighted by atomic mass is 16.6. The lowest BCUT2D eigenvalue weighted by molar-refractivity contribution is -0.939. The monoisotopic (exact) mass is 622 g/mol. The van der Waals surface area contributed by atoms with Crippen molar-refractivity contribution in [2.75, 3.05) is 47.3 Å². The maximum atomic E-state index is 13.5. The Hall–Kier alpha value is -2.73. The van der Waals surface area contributed by atoms with Gasteiger partial charge >= 0.3 is 6.09 Å². The molecule has 0 saturated heterocycles. The SMILES string of the molecule is CN(CCNC(=O)C(N)CCCCN)C(=O)Oc1ccc2c3c1O[C@H]1C(=O)CC[C@@]4(O)C56C[C@]5([N+](C)(C)CC5CC5)CC26C[C@]314. The first-order valence-electron chi connectivity index (χ1n) is 16.9. The summed E-state index contributed by atoms with van der Waals surface area (Å²) in [5, 5.41) is 15.8. The number of hydrogen-bond donors (Lipinski definition) is 4. The van der Waals surface area contributed by atoms with Crippen molar-refractivity contribution in [1.29, 1.82) is 0 Å². The van der Waals surface area contributed by atoms with Gasteiger partial charge in [0.05, 0.1) is 43.1 Å². The van der Waals surface area contributed by atoms with Gasteiger partial charge in [-0.25, -0.2) is 4.79 Å².